The van der Waals surface area contributed by atoms with Crippen molar-refractivity contribution in [1.29, 1.82) is 0 Å². The first-order valence-corrected chi connectivity index (χ1v) is 9.96. The Bertz CT molecular complexity index is 1150. The molecule has 3 aromatic rings. The summed E-state index contributed by atoms with van der Waals surface area (Å²) in [6, 6.07) is 11.1. The first kappa shape index (κ1) is 23.2. The summed E-state index contributed by atoms with van der Waals surface area (Å²) in [5.41, 5.74) is 7.58. The minimum atomic E-state index is -0.712. The molecule has 0 aliphatic heterocycles. The highest BCUT2D eigenvalue weighted by Crippen LogP contribution is 2.30. The van der Waals surface area contributed by atoms with Crippen molar-refractivity contribution in [1.82, 2.24) is 4.98 Å². The predicted molar refractivity (Wildman–Crippen MR) is 123 cm³/mol. The van der Waals surface area contributed by atoms with E-state index in [0.29, 0.717) is 34.0 Å². The molecule has 0 radical (unpaired) electrons. The van der Waals surface area contributed by atoms with Gasteiger partial charge in [0.1, 0.15) is 17.2 Å². The molecule has 10 nitrogen and oxygen atoms in total. The summed E-state index contributed by atoms with van der Waals surface area (Å²) >= 11 is 0. The number of anilines is 2. The molecule has 0 saturated carbocycles. The number of H-pyrrole nitrogens is 1. The van der Waals surface area contributed by atoms with Gasteiger partial charge in [-0.3, -0.25) is 4.79 Å². The van der Waals surface area contributed by atoms with E-state index < -0.39 is 17.9 Å². The number of carbonyl (C=O) groups excluding carboxylic acids is 3. The molecule has 33 heavy (non-hydrogen) atoms. The smallest absolute Gasteiger partial charge is 0.340 e. The van der Waals surface area contributed by atoms with Gasteiger partial charge in [0.05, 0.1) is 26.4 Å². The fourth-order valence-electron chi connectivity index (χ4n) is 3.18. The maximum Gasteiger partial charge on any atom is 0.340 e. The van der Waals surface area contributed by atoms with Crippen LogP contribution in [0.5, 0.6) is 11.5 Å². The lowest BCUT2D eigenvalue weighted by atomic mass is 10.0. The Labute approximate surface area is 190 Å². The van der Waals surface area contributed by atoms with Gasteiger partial charge < -0.3 is 35.6 Å². The van der Waals surface area contributed by atoms with Gasteiger partial charge in [0.25, 0.3) is 5.91 Å². The van der Waals surface area contributed by atoms with Gasteiger partial charge in [-0.25, -0.2) is 9.59 Å². The molecule has 0 spiro atoms. The van der Waals surface area contributed by atoms with Crippen LogP contribution in [-0.2, 0) is 4.74 Å². The average Bonchev–Trinajstić information content (AvgIpc) is 3.25. The average molecular weight is 452 g/mol. The number of nitrogens with two attached hydrogens (primary N) is 1. The number of carbonyl (C=O) groups is 3. The van der Waals surface area contributed by atoms with Crippen LogP contribution in [0.15, 0.2) is 48.7 Å². The van der Waals surface area contributed by atoms with Crippen molar-refractivity contribution < 1.29 is 28.6 Å². The molecule has 0 atom stereocenters. The van der Waals surface area contributed by atoms with E-state index in [2.05, 4.69) is 15.6 Å². The summed E-state index contributed by atoms with van der Waals surface area (Å²) in [6.07, 6.45) is 1.38. The molecule has 0 bridgehead atoms. The number of aromatic amines is 1. The summed E-state index contributed by atoms with van der Waals surface area (Å²) in [4.78, 5) is 39.2. The second kappa shape index (κ2) is 10.2. The third kappa shape index (κ3) is 5.42. The summed E-state index contributed by atoms with van der Waals surface area (Å²) in [5, 5.41) is 5.42. The van der Waals surface area contributed by atoms with Crippen LogP contribution in [0.4, 0.5) is 16.2 Å². The maximum atomic E-state index is 12.4. The van der Waals surface area contributed by atoms with Gasteiger partial charge in [0, 0.05) is 41.3 Å². The number of aromatic nitrogens is 1. The highest BCUT2D eigenvalue weighted by atomic mass is 16.5. The summed E-state index contributed by atoms with van der Waals surface area (Å²) in [7, 11) is 3.03. The molecule has 0 fully saturated rings. The second-order valence-corrected chi connectivity index (χ2v) is 6.79. The summed E-state index contributed by atoms with van der Waals surface area (Å²) < 4.78 is 15.4. The number of methoxy groups -OCH3 is 2. The molecule has 5 N–H and O–H groups in total. The minimum absolute atomic E-state index is 0.0866. The SMILES string of the molecule is CCOC(=O)c1c[nH]c(C(N)=O)c1-c1ccc(NC(=O)Nc2cc(OC)cc(OC)c2)cc1. The third-order valence-electron chi connectivity index (χ3n) is 4.66. The monoisotopic (exact) mass is 452 g/mol. The van der Waals surface area contributed by atoms with Gasteiger partial charge in [0.15, 0.2) is 0 Å². The third-order valence-corrected chi connectivity index (χ3v) is 4.66. The Morgan fingerprint density at radius 1 is 0.939 bits per heavy atom. The molecule has 3 amide bonds. The van der Waals surface area contributed by atoms with Crippen LogP contribution >= 0.6 is 0 Å². The van der Waals surface area contributed by atoms with Crippen LogP contribution in [0.25, 0.3) is 11.1 Å². The van der Waals surface area contributed by atoms with Crippen molar-refractivity contribution in [2.75, 3.05) is 31.5 Å². The van der Waals surface area contributed by atoms with E-state index in [4.69, 9.17) is 19.9 Å². The number of esters is 1. The van der Waals surface area contributed by atoms with Gasteiger partial charge in [-0.2, -0.15) is 0 Å². The molecule has 3 rings (SSSR count). The quantitative estimate of drug-likeness (QED) is 0.384. The Morgan fingerprint density at radius 3 is 2.09 bits per heavy atom. The molecule has 0 unspecified atom stereocenters. The zero-order valence-electron chi connectivity index (χ0n) is 18.4. The molecule has 172 valence electrons. The fraction of sp³-hybridized carbons (Fsp3) is 0.174. The highest BCUT2D eigenvalue weighted by molar-refractivity contribution is 6.07. The molecule has 1 heterocycles. The number of rotatable bonds is 8. The van der Waals surface area contributed by atoms with E-state index in [1.165, 1.54) is 20.4 Å². The van der Waals surface area contributed by atoms with Crippen LogP contribution in [0, 0.1) is 0 Å². The Morgan fingerprint density at radius 2 is 1.55 bits per heavy atom. The minimum Gasteiger partial charge on any atom is -0.497 e. The molecule has 10 heteroatoms. The van der Waals surface area contributed by atoms with Crippen molar-refractivity contribution in [2.45, 2.75) is 6.92 Å². The zero-order chi connectivity index (χ0) is 24.0. The fourth-order valence-corrected chi connectivity index (χ4v) is 3.18. The number of hydrogen-bond donors (Lipinski definition) is 4. The van der Waals surface area contributed by atoms with Crippen LogP contribution < -0.4 is 25.8 Å². The normalized spacial score (nSPS) is 10.3. The van der Waals surface area contributed by atoms with Crippen molar-refractivity contribution in [3.8, 4) is 22.6 Å². The lowest BCUT2D eigenvalue weighted by Gasteiger charge is -2.11. The Balaban J connectivity index is 1.79. The lowest BCUT2D eigenvalue weighted by Crippen LogP contribution is -2.19. The highest BCUT2D eigenvalue weighted by Gasteiger charge is 2.22. The van der Waals surface area contributed by atoms with Crippen LogP contribution in [0.1, 0.15) is 27.8 Å². The number of hydrogen-bond acceptors (Lipinski definition) is 6. The largest absolute Gasteiger partial charge is 0.497 e. The molecule has 0 aliphatic rings. The topological polar surface area (TPSA) is 145 Å². The number of nitrogens with one attached hydrogen (secondary N) is 3. The van der Waals surface area contributed by atoms with Gasteiger partial charge in [-0.15, -0.1) is 0 Å². The van der Waals surface area contributed by atoms with E-state index in [-0.39, 0.29) is 17.9 Å². The summed E-state index contributed by atoms with van der Waals surface area (Å²) in [6.45, 7) is 1.87. The summed E-state index contributed by atoms with van der Waals surface area (Å²) in [5.74, 6) is -0.228. The molecule has 1 aromatic heterocycles. The van der Waals surface area contributed by atoms with Crippen LogP contribution in [-0.4, -0.2) is 43.7 Å². The molecule has 2 aromatic carbocycles. The molecular weight excluding hydrogens is 428 g/mol. The van der Waals surface area contributed by atoms with Crippen LogP contribution in [0.3, 0.4) is 0 Å². The van der Waals surface area contributed by atoms with Gasteiger partial charge in [-0.1, -0.05) is 12.1 Å². The Kier molecular flexibility index (Phi) is 7.19. The molecular formula is C23H24N4O6. The Hall–Kier alpha value is -4.47. The zero-order valence-corrected chi connectivity index (χ0v) is 18.4. The van der Waals surface area contributed by atoms with Crippen molar-refractivity contribution in [3.05, 3.63) is 59.9 Å². The van der Waals surface area contributed by atoms with Crippen molar-refractivity contribution in [3.63, 3.8) is 0 Å². The van der Waals surface area contributed by atoms with Gasteiger partial charge in [0.2, 0.25) is 0 Å². The van der Waals surface area contributed by atoms with E-state index in [9.17, 15) is 14.4 Å². The number of primary amides is 1. The maximum absolute atomic E-state index is 12.4. The predicted octanol–water partition coefficient (Wildman–Crippen LogP) is 3.62. The number of urea groups is 1. The second-order valence-electron chi connectivity index (χ2n) is 6.79. The first-order chi connectivity index (χ1) is 15.9. The van der Waals surface area contributed by atoms with Crippen LogP contribution in [0.2, 0.25) is 0 Å². The number of amides is 3. The standard InChI is InChI=1S/C23H24N4O6/c1-4-33-22(29)18-12-25-20(21(24)28)19(18)13-5-7-14(8-6-13)26-23(30)27-15-9-16(31-2)11-17(10-15)32-3/h5-12,25H,4H2,1-3H3,(H2,24,28)(H2,26,27,30). The van der Waals surface area contributed by atoms with E-state index in [1.54, 1.807) is 49.4 Å². The van der Waals surface area contributed by atoms with E-state index in [1.807, 2.05) is 0 Å². The van der Waals surface area contributed by atoms with E-state index >= 15 is 0 Å². The van der Waals surface area contributed by atoms with Crippen molar-refractivity contribution in [2.24, 2.45) is 5.73 Å². The molecule has 0 aliphatic carbocycles. The van der Waals surface area contributed by atoms with E-state index in [0.717, 1.165) is 0 Å². The van der Waals surface area contributed by atoms with Crippen molar-refractivity contribution >= 4 is 29.3 Å². The number of ether oxygens (including phenoxy) is 3. The van der Waals surface area contributed by atoms with Gasteiger partial charge >= 0.3 is 12.0 Å². The lowest BCUT2D eigenvalue weighted by molar-refractivity contribution is 0.0527. The first-order valence-electron chi connectivity index (χ1n) is 9.96. The molecule has 0 saturated heterocycles. The van der Waals surface area contributed by atoms with Gasteiger partial charge in [-0.05, 0) is 24.6 Å². The number of benzene rings is 2.